The van der Waals surface area contributed by atoms with Crippen molar-refractivity contribution in [3.63, 3.8) is 0 Å². The maximum absolute atomic E-state index is 12.6. The Morgan fingerprint density at radius 1 is 1.04 bits per heavy atom. The van der Waals surface area contributed by atoms with E-state index in [0.29, 0.717) is 22.8 Å². The highest BCUT2D eigenvalue weighted by Crippen LogP contribution is 2.34. The molecule has 0 spiro atoms. The highest BCUT2D eigenvalue weighted by Gasteiger charge is 2.32. The molecule has 4 rings (SSSR count). The molecule has 0 saturated carbocycles. The SMILES string of the molecule is CCOC(=O)C1=C(C)NC(=O)N[C@H]1c1ccc(OCC(=O)N/N=C\c2cc(C)n(-c3ccc(C(C)(C)C)cc3)c2C)c(OC)c1. The fourth-order valence-corrected chi connectivity index (χ4v) is 5.18. The van der Waals surface area contributed by atoms with Gasteiger partial charge in [-0.25, -0.2) is 15.0 Å². The normalized spacial score (nSPS) is 15.0. The summed E-state index contributed by atoms with van der Waals surface area (Å²) in [5.74, 6) is -0.376. The highest BCUT2D eigenvalue weighted by molar-refractivity contribution is 5.95. The van der Waals surface area contributed by atoms with E-state index in [-0.39, 0.29) is 24.2 Å². The Kier molecular flexibility index (Phi) is 10.0. The van der Waals surface area contributed by atoms with Crippen LogP contribution in [0.5, 0.6) is 11.5 Å². The molecule has 2 heterocycles. The van der Waals surface area contributed by atoms with Gasteiger partial charge in [-0.2, -0.15) is 5.10 Å². The lowest BCUT2D eigenvalue weighted by molar-refractivity contribution is -0.139. The third kappa shape index (κ3) is 7.54. The van der Waals surface area contributed by atoms with Crippen LogP contribution in [0, 0.1) is 13.8 Å². The quantitative estimate of drug-likeness (QED) is 0.165. The first-order valence-electron chi connectivity index (χ1n) is 14.7. The van der Waals surface area contributed by atoms with E-state index in [1.165, 1.54) is 12.7 Å². The Hall–Kier alpha value is -5.06. The predicted molar refractivity (Wildman–Crippen MR) is 172 cm³/mol. The molecule has 3 N–H and O–H groups in total. The van der Waals surface area contributed by atoms with Gasteiger partial charge in [0.1, 0.15) is 0 Å². The van der Waals surface area contributed by atoms with E-state index >= 15 is 0 Å². The molecule has 0 radical (unpaired) electrons. The number of amides is 3. The molecule has 0 unspecified atom stereocenters. The number of esters is 1. The van der Waals surface area contributed by atoms with Gasteiger partial charge in [0, 0.05) is 28.3 Å². The van der Waals surface area contributed by atoms with Gasteiger partial charge in [-0.15, -0.1) is 0 Å². The fourth-order valence-electron chi connectivity index (χ4n) is 5.18. The summed E-state index contributed by atoms with van der Waals surface area (Å²) in [6.45, 7) is 13.8. The minimum atomic E-state index is -0.761. The summed E-state index contributed by atoms with van der Waals surface area (Å²) in [5, 5.41) is 9.49. The third-order valence-corrected chi connectivity index (χ3v) is 7.50. The molecule has 0 saturated heterocycles. The number of carbonyl (C=O) groups excluding carboxylic acids is 3. The van der Waals surface area contributed by atoms with E-state index in [1.54, 1.807) is 38.3 Å². The minimum Gasteiger partial charge on any atom is -0.493 e. The number of aromatic nitrogens is 1. The molecule has 238 valence electrons. The van der Waals surface area contributed by atoms with Gasteiger partial charge in [0.25, 0.3) is 5.91 Å². The van der Waals surface area contributed by atoms with Crippen LogP contribution < -0.4 is 25.5 Å². The number of allylic oxidation sites excluding steroid dienone is 1. The van der Waals surface area contributed by atoms with Crippen LogP contribution in [-0.4, -0.2) is 49.0 Å². The molecule has 1 aliphatic rings. The van der Waals surface area contributed by atoms with Gasteiger partial charge in [0.05, 0.1) is 31.5 Å². The third-order valence-electron chi connectivity index (χ3n) is 7.50. The molecule has 45 heavy (non-hydrogen) atoms. The summed E-state index contributed by atoms with van der Waals surface area (Å²) >= 11 is 0. The Labute approximate surface area is 263 Å². The van der Waals surface area contributed by atoms with Crippen molar-refractivity contribution < 1.29 is 28.6 Å². The number of hydrazone groups is 1. The molecule has 11 nitrogen and oxygen atoms in total. The van der Waals surface area contributed by atoms with Crippen molar-refractivity contribution in [1.82, 2.24) is 20.6 Å². The van der Waals surface area contributed by atoms with Crippen LogP contribution >= 0.6 is 0 Å². The topological polar surface area (TPSA) is 132 Å². The van der Waals surface area contributed by atoms with Gasteiger partial charge in [-0.05, 0) is 74.6 Å². The number of ether oxygens (including phenoxy) is 3. The molecule has 1 aliphatic heterocycles. The number of aryl methyl sites for hydroxylation is 1. The molecule has 3 amide bonds. The number of hydrogen-bond acceptors (Lipinski definition) is 7. The van der Waals surface area contributed by atoms with Crippen molar-refractivity contribution in [2.24, 2.45) is 5.10 Å². The van der Waals surface area contributed by atoms with E-state index in [2.05, 4.69) is 70.8 Å². The lowest BCUT2D eigenvalue weighted by Crippen LogP contribution is -2.45. The average Bonchev–Trinajstić information content (AvgIpc) is 3.27. The van der Waals surface area contributed by atoms with Crippen molar-refractivity contribution in [2.45, 2.75) is 59.9 Å². The number of rotatable bonds is 10. The van der Waals surface area contributed by atoms with Gasteiger partial charge >= 0.3 is 12.0 Å². The second kappa shape index (κ2) is 13.7. The van der Waals surface area contributed by atoms with Crippen LogP contribution in [0.3, 0.4) is 0 Å². The van der Waals surface area contributed by atoms with Gasteiger partial charge in [-0.3, -0.25) is 4.79 Å². The van der Waals surface area contributed by atoms with Crippen LogP contribution in [0.1, 0.15) is 68.7 Å². The van der Waals surface area contributed by atoms with Crippen LogP contribution in [-0.2, 0) is 19.7 Å². The van der Waals surface area contributed by atoms with Crippen molar-refractivity contribution >= 4 is 24.1 Å². The van der Waals surface area contributed by atoms with Crippen molar-refractivity contribution in [3.05, 3.63) is 87.9 Å². The molecule has 1 aromatic heterocycles. The zero-order valence-corrected chi connectivity index (χ0v) is 27.0. The minimum absolute atomic E-state index is 0.0752. The first-order valence-corrected chi connectivity index (χ1v) is 14.7. The summed E-state index contributed by atoms with van der Waals surface area (Å²) in [4.78, 5) is 37.4. The van der Waals surface area contributed by atoms with E-state index in [9.17, 15) is 14.4 Å². The Balaban J connectivity index is 1.41. The summed E-state index contributed by atoms with van der Waals surface area (Å²) < 4.78 is 18.5. The van der Waals surface area contributed by atoms with E-state index in [0.717, 1.165) is 22.6 Å². The van der Waals surface area contributed by atoms with Crippen molar-refractivity contribution in [1.29, 1.82) is 0 Å². The maximum Gasteiger partial charge on any atom is 0.338 e. The molecule has 0 bridgehead atoms. The van der Waals surface area contributed by atoms with Crippen LogP contribution in [0.2, 0.25) is 0 Å². The molecule has 2 aromatic carbocycles. The lowest BCUT2D eigenvalue weighted by Gasteiger charge is -2.28. The van der Waals surface area contributed by atoms with Gasteiger partial charge in [0.2, 0.25) is 0 Å². The number of benzene rings is 2. The van der Waals surface area contributed by atoms with Gasteiger partial charge in [-0.1, -0.05) is 39.0 Å². The average molecular weight is 616 g/mol. The standard InChI is InChI=1S/C34H41N5O6/c1-9-44-32(41)30-21(3)36-33(42)37-31(30)23-10-15-27(28(17-23)43-8)45-19-29(40)38-35-18-24-16-20(2)39(22(24)4)26-13-11-25(12-14-26)34(5,6)7/h10-18,31H,9,19H2,1-8H3,(H,38,40)(H2,36,37,42)/b35-18-/t31-/m0/s1. The monoisotopic (exact) mass is 615 g/mol. The number of nitrogens with one attached hydrogen (secondary N) is 3. The van der Waals surface area contributed by atoms with E-state index < -0.39 is 23.9 Å². The Morgan fingerprint density at radius 2 is 1.76 bits per heavy atom. The van der Waals surface area contributed by atoms with Crippen molar-refractivity contribution in [3.8, 4) is 17.2 Å². The predicted octanol–water partition coefficient (Wildman–Crippen LogP) is 5.12. The molecule has 0 aliphatic carbocycles. The smallest absolute Gasteiger partial charge is 0.338 e. The van der Waals surface area contributed by atoms with Gasteiger partial charge in [0.15, 0.2) is 18.1 Å². The van der Waals surface area contributed by atoms with Crippen LogP contribution in [0.15, 0.2) is 64.9 Å². The maximum atomic E-state index is 12.6. The van der Waals surface area contributed by atoms with Crippen LogP contribution in [0.25, 0.3) is 5.69 Å². The number of nitrogens with zero attached hydrogens (tertiary/aromatic N) is 2. The second-order valence-electron chi connectivity index (χ2n) is 11.7. The number of urea groups is 1. The number of methoxy groups -OCH3 is 1. The second-order valence-corrected chi connectivity index (χ2v) is 11.7. The lowest BCUT2D eigenvalue weighted by atomic mass is 9.87. The molecule has 1 atom stereocenters. The van der Waals surface area contributed by atoms with Crippen LogP contribution in [0.4, 0.5) is 4.79 Å². The molecular formula is C34H41N5O6. The summed E-state index contributed by atoms with van der Waals surface area (Å²) in [7, 11) is 1.46. The van der Waals surface area contributed by atoms with E-state index in [1.807, 2.05) is 19.9 Å². The zero-order valence-electron chi connectivity index (χ0n) is 27.0. The summed E-state index contributed by atoms with van der Waals surface area (Å²) in [6.07, 6.45) is 1.61. The molecule has 0 fully saturated rings. The Bertz CT molecular complexity index is 1650. The largest absolute Gasteiger partial charge is 0.493 e. The first kappa shape index (κ1) is 32.8. The first-order chi connectivity index (χ1) is 21.3. The molecular weight excluding hydrogens is 574 g/mol. The summed E-state index contributed by atoms with van der Waals surface area (Å²) in [5.41, 5.74) is 9.08. The zero-order chi connectivity index (χ0) is 32.9. The highest BCUT2D eigenvalue weighted by atomic mass is 16.5. The van der Waals surface area contributed by atoms with Gasteiger partial charge < -0.3 is 29.4 Å². The van der Waals surface area contributed by atoms with Crippen molar-refractivity contribution in [2.75, 3.05) is 20.3 Å². The molecule has 3 aromatic rings. The summed E-state index contributed by atoms with van der Waals surface area (Å²) in [6, 6.07) is 14.3. The molecule has 11 heteroatoms. The number of carbonyl (C=O) groups is 3. The Morgan fingerprint density at radius 3 is 2.40 bits per heavy atom. The van der Waals surface area contributed by atoms with E-state index in [4.69, 9.17) is 14.2 Å². The fraction of sp³-hybridized carbons (Fsp3) is 0.353. The number of hydrogen-bond donors (Lipinski definition) is 3.